The molecule has 1 saturated heterocycles. The van der Waals surface area contributed by atoms with Gasteiger partial charge in [-0.2, -0.15) is 0 Å². The smallest absolute Gasteiger partial charge is 0.255 e. The van der Waals surface area contributed by atoms with Crippen LogP contribution in [0.15, 0.2) is 36.4 Å². The Morgan fingerprint density at radius 3 is 2.27 bits per heavy atom. The number of nitrogens with zero attached hydrogens (tertiary/aromatic N) is 3. The molecule has 1 aromatic carbocycles. The van der Waals surface area contributed by atoms with Crippen LogP contribution in [0.3, 0.4) is 0 Å². The summed E-state index contributed by atoms with van der Waals surface area (Å²) in [5.74, 6) is 2.40. The van der Waals surface area contributed by atoms with Crippen molar-refractivity contribution in [3.05, 3.63) is 53.1 Å². The standard InChI is InChI=1S/C34H52N6O/c1-36-32-28(23-35)22-31(34(41)37-29-18-20-39(21-19-29)24-26-12-6-4-7-13-26)33(38-32)40(25-27-14-8-5-9-15-27)30-16-10-2-3-11-17-30/h5,8-9,14-15,22,26,29-30H,2-4,6-7,10-13,16-21,23-25,35H2,1H3,(H,36,38)(H,37,41). The monoisotopic (exact) mass is 560 g/mol. The molecule has 0 bridgehead atoms. The van der Waals surface area contributed by atoms with Gasteiger partial charge in [-0.3, -0.25) is 4.79 Å². The molecule has 7 heteroatoms. The largest absolute Gasteiger partial charge is 0.373 e. The van der Waals surface area contributed by atoms with Crippen LogP contribution in [-0.2, 0) is 13.1 Å². The molecule has 41 heavy (non-hydrogen) atoms. The molecule has 0 atom stereocenters. The van der Waals surface area contributed by atoms with E-state index in [2.05, 4.69) is 50.8 Å². The highest BCUT2D eigenvalue weighted by atomic mass is 16.1. The molecule has 5 rings (SSSR count). The number of piperidine rings is 1. The molecule has 2 aromatic rings. The second-order valence-corrected chi connectivity index (χ2v) is 12.6. The second-order valence-electron chi connectivity index (χ2n) is 12.6. The molecule has 0 unspecified atom stereocenters. The van der Waals surface area contributed by atoms with Crippen molar-refractivity contribution in [2.75, 3.05) is 36.9 Å². The molecule has 1 aliphatic heterocycles. The van der Waals surface area contributed by atoms with Crippen molar-refractivity contribution in [1.29, 1.82) is 0 Å². The first-order chi connectivity index (χ1) is 20.1. The molecular weight excluding hydrogens is 508 g/mol. The zero-order valence-corrected chi connectivity index (χ0v) is 25.3. The summed E-state index contributed by atoms with van der Waals surface area (Å²) in [5.41, 5.74) is 8.93. The van der Waals surface area contributed by atoms with E-state index < -0.39 is 0 Å². The van der Waals surface area contributed by atoms with E-state index in [0.717, 1.165) is 68.4 Å². The lowest BCUT2D eigenvalue weighted by molar-refractivity contribution is 0.0901. The van der Waals surface area contributed by atoms with E-state index in [-0.39, 0.29) is 11.9 Å². The number of carbonyl (C=O) groups is 1. The van der Waals surface area contributed by atoms with Gasteiger partial charge in [-0.25, -0.2) is 4.98 Å². The van der Waals surface area contributed by atoms with Crippen molar-refractivity contribution in [2.45, 2.75) is 109 Å². The Kier molecular flexibility index (Phi) is 10.9. The summed E-state index contributed by atoms with van der Waals surface area (Å²) in [6.45, 7) is 4.45. The molecule has 3 aliphatic rings. The fraction of sp³-hybridized carbons (Fsp3) is 0.647. The van der Waals surface area contributed by atoms with Gasteiger partial charge in [-0.15, -0.1) is 0 Å². The van der Waals surface area contributed by atoms with Crippen LogP contribution < -0.4 is 21.3 Å². The van der Waals surface area contributed by atoms with Crippen molar-refractivity contribution < 1.29 is 4.79 Å². The molecule has 0 spiro atoms. The Bertz CT molecular complexity index is 1090. The number of benzene rings is 1. The van der Waals surface area contributed by atoms with Crippen molar-refractivity contribution >= 4 is 17.5 Å². The molecule has 1 amide bonds. The molecule has 3 fully saturated rings. The summed E-state index contributed by atoms with van der Waals surface area (Å²) in [6.07, 6.45) is 16.3. The van der Waals surface area contributed by atoms with Crippen molar-refractivity contribution in [3.63, 3.8) is 0 Å². The van der Waals surface area contributed by atoms with Gasteiger partial charge in [0.05, 0.1) is 5.56 Å². The molecule has 2 saturated carbocycles. The van der Waals surface area contributed by atoms with Gasteiger partial charge in [0.2, 0.25) is 0 Å². The average molecular weight is 561 g/mol. The van der Waals surface area contributed by atoms with Crippen LogP contribution in [0.2, 0.25) is 0 Å². The lowest BCUT2D eigenvalue weighted by atomic mass is 9.88. The SMILES string of the molecule is CNc1nc(N(Cc2ccccc2)C2CCCCCC2)c(C(=O)NC2CCN(CC3CCCCC3)CC2)cc1CN. The van der Waals surface area contributed by atoms with Crippen LogP contribution in [0.1, 0.15) is 105 Å². The van der Waals surface area contributed by atoms with Crippen LogP contribution in [0.4, 0.5) is 11.6 Å². The number of nitrogens with one attached hydrogen (secondary N) is 2. The fourth-order valence-electron chi connectivity index (χ4n) is 7.29. The van der Waals surface area contributed by atoms with E-state index in [1.807, 2.05) is 13.1 Å². The van der Waals surface area contributed by atoms with Crippen LogP contribution in [-0.4, -0.2) is 54.6 Å². The van der Waals surface area contributed by atoms with E-state index >= 15 is 0 Å². The molecular formula is C34H52N6O. The first-order valence-corrected chi connectivity index (χ1v) is 16.4. The number of amides is 1. The minimum absolute atomic E-state index is 0.0118. The maximum atomic E-state index is 14.1. The number of hydrogen-bond acceptors (Lipinski definition) is 6. The third-order valence-electron chi connectivity index (χ3n) is 9.68. The predicted molar refractivity (Wildman–Crippen MR) is 169 cm³/mol. The highest BCUT2D eigenvalue weighted by molar-refractivity contribution is 6.00. The van der Waals surface area contributed by atoms with E-state index in [9.17, 15) is 4.79 Å². The Hall–Kier alpha value is -2.64. The van der Waals surface area contributed by atoms with Gasteiger partial charge in [-0.1, -0.05) is 75.3 Å². The number of likely N-dealkylation sites (tertiary alicyclic amines) is 1. The minimum atomic E-state index is -0.0118. The van der Waals surface area contributed by atoms with Crippen LogP contribution in [0, 0.1) is 5.92 Å². The van der Waals surface area contributed by atoms with Gasteiger partial charge in [-0.05, 0) is 56.1 Å². The Morgan fingerprint density at radius 1 is 0.951 bits per heavy atom. The van der Waals surface area contributed by atoms with Crippen molar-refractivity contribution in [2.24, 2.45) is 11.7 Å². The molecule has 224 valence electrons. The molecule has 0 radical (unpaired) electrons. The number of rotatable bonds is 10. The third kappa shape index (κ3) is 8.01. The first kappa shape index (κ1) is 29.8. The van der Waals surface area contributed by atoms with Crippen molar-refractivity contribution in [1.82, 2.24) is 15.2 Å². The van der Waals surface area contributed by atoms with E-state index in [4.69, 9.17) is 10.7 Å². The van der Waals surface area contributed by atoms with Gasteiger partial charge < -0.3 is 26.2 Å². The lowest BCUT2D eigenvalue weighted by Gasteiger charge is -2.36. The van der Waals surface area contributed by atoms with Gasteiger partial charge >= 0.3 is 0 Å². The topological polar surface area (TPSA) is 86.5 Å². The fourth-order valence-corrected chi connectivity index (χ4v) is 7.29. The summed E-state index contributed by atoms with van der Waals surface area (Å²) in [5, 5.41) is 6.68. The summed E-state index contributed by atoms with van der Waals surface area (Å²) in [6, 6.07) is 13.2. The normalized spacial score (nSPS) is 20.0. The molecule has 7 nitrogen and oxygen atoms in total. The lowest BCUT2D eigenvalue weighted by Crippen LogP contribution is -2.46. The molecule has 2 heterocycles. The summed E-state index contributed by atoms with van der Waals surface area (Å²) in [4.78, 5) is 24.2. The van der Waals surface area contributed by atoms with Crippen LogP contribution >= 0.6 is 0 Å². The molecule has 4 N–H and O–H groups in total. The van der Waals surface area contributed by atoms with E-state index in [0.29, 0.717) is 18.2 Å². The second kappa shape index (κ2) is 15.0. The first-order valence-electron chi connectivity index (χ1n) is 16.4. The zero-order chi connectivity index (χ0) is 28.4. The van der Waals surface area contributed by atoms with Gasteiger partial charge in [0.1, 0.15) is 11.6 Å². The van der Waals surface area contributed by atoms with Gasteiger partial charge in [0.15, 0.2) is 0 Å². The summed E-state index contributed by atoms with van der Waals surface area (Å²) < 4.78 is 0. The highest BCUT2D eigenvalue weighted by Gasteiger charge is 2.30. The zero-order valence-electron chi connectivity index (χ0n) is 25.3. The minimum Gasteiger partial charge on any atom is -0.373 e. The number of anilines is 2. The molecule has 1 aromatic heterocycles. The van der Waals surface area contributed by atoms with Crippen molar-refractivity contribution in [3.8, 4) is 0 Å². The van der Waals surface area contributed by atoms with Crippen LogP contribution in [0.25, 0.3) is 0 Å². The number of carbonyl (C=O) groups excluding carboxylic acids is 1. The Morgan fingerprint density at radius 2 is 1.61 bits per heavy atom. The quantitative estimate of drug-likeness (QED) is 0.305. The number of pyridine rings is 1. The number of hydrogen-bond donors (Lipinski definition) is 3. The Balaban J connectivity index is 1.36. The van der Waals surface area contributed by atoms with E-state index in [1.54, 1.807) is 0 Å². The summed E-state index contributed by atoms with van der Waals surface area (Å²) in [7, 11) is 1.89. The average Bonchev–Trinajstić information content (AvgIpc) is 3.31. The van der Waals surface area contributed by atoms with E-state index in [1.165, 1.54) is 69.9 Å². The maximum Gasteiger partial charge on any atom is 0.255 e. The van der Waals surface area contributed by atoms with Crippen LogP contribution in [0.5, 0.6) is 0 Å². The third-order valence-corrected chi connectivity index (χ3v) is 9.68. The summed E-state index contributed by atoms with van der Waals surface area (Å²) >= 11 is 0. The van der Waals surface area contributed by atoms with Gasteiger partial charge in [0.25, 0.3) is 5.91 Å². The maximum absolute atomic E-state index is 14.1. The molecule has 2 aliphatic carbocycles. The number of nitrogens with two attached hydrogens (primary N) is 1. The Labute approximate surface area is 247 Å². The van der Waals surface area contributed by atoms with Gasteiger partial charge in [0, 0.05) is 57.4 Å². The predicted octanol–water partition coefficient (Wildman–Crippen LogP) is 6.09. The number of aromatic nitrogens is 1. The highest BCUT2D eigenvalue weighted by Crippen LogP contribution is 2.32.